The van der Waals surface area contributed by atoms with E-state index in [4.69, 9.17) is 4.74 Å². The Hall–Kier alpha value is -1.43. The number of amides is 1. The third kappa shape index (κ3) is 4.31. The first-order valence-corrected chi connectivity index (χ1v) is 8.65. The van der Waals surface area contributed by atoms with E-state index in [1.165, 1.54) is 12.0 Å². The molecule has 0 aromatic heterocycles. The predicted molar refractivity (Wildman–Crippen MR) is 90.1 cm³/mol. The number of rotatable bonds is 5. The van der Waals surface area contributed by atoms with Crippen molar-refractivity contribution in [2.45, 2.75) is 44.5 Å². The van der Waals surface area contributed by atoms with Gasteiger partial charge in [0.05, 0.1) is 12.7 Å². The lowest BCUT2D eigenvalue weighted by molar-refractivity contribution is -0.129. The predicted octanol–water partition coefficient (Wildman–Crippen LogP) is 1.14. The SMILES string of the molecule is C[C@H]1OCCN[C@@H]1C(=O)NCC1CCCN1Cc1ccccc1. The molecule has 0 bridgehead atoms. The highest BCUT2D eigenvalue weighted by molar-refractivity contribution is 5.82. The topological polar surface area (TPSA) is 53.6 Å². The molecule has 1 aromatic rings. The van der Waals surface area contributed by atoms with Crippen LogP contribution < -0.4 is 10.6 Å². The van der Waals surface area contributed by atoms with Crippen LogP contribution in [0.25, 0.3) is 0 Å². The fourth-order valence-corrected chi connectivity index (χ4v) is 3.51. The summed E-state index contributed by atoms with van der Waals surface area (Å²) in [7, 11) is 0. The Morgan fingerprint density at radius 2 is 2.22 bits per heavy atom. The second kappa shape index (κ2) is 7.90. The second-order valence-corrected chi connectivity index (χ2v) is 6.50. The van der Waals surface area contributed by atoms with Gasteiger partial charge in [0, 0.05) is 25.7 Å². The van der Waals surface area contributed by atoms with E-state index in [1.807, 2.05) is 13.0 Å². The number of nitrogens with zero attached hydrogens (tertiary/aromatic N) is 1. The molecule has 126 valence electrons. The Bertz CT molecular complexity index is 508. The summed E-state index contributed by atoms with van der Waals surface area (Å²) in [5.74, 6) is 0.0590. The van der Waals surface area contributed by atoms with E-state index in [2.05, 4.69) is 39.8 Å². The van der Waals surface area contributed by atoms with Crippen molar-refractivity contribution in [3.05, 3.63) is 35.9 Å². The smallest absolute Gasteiger partial charge is 0.239 e. The molecule has 2 heterocycles. The third-order valence-electron chi connectivity index (χ3n) is 4.84. The average molecular weight is 317 g/mol. The minimum Gasteiger partial charge on any atom is -0.375 e. The standard InChI is InChI=1S/C18H27N3O2/c1-14-17(19-9-11-23-14)18(22)20-12-16-8-5-10-21(16)13-15-6-3-2-4-7-15/h2-4,6-7,14,16-17,19H,5,8-13H2,1H3,(H,20,22)/t14-,16?,17+/m1/s1. The summed E-state index contributed by atoms with van der Waals surface area (Å²) in [6.45, 7) is 6.16. The fourth-order valence-electron chi connectivity index (χ4n) is 3.51. The number of benzene rings is 1. The lowest BCUT2D eigenvalue weighted by Crippen LogP contribution is -2.56. The van der Waals surface area contributed by atoms with E-state index >= 15 is 0 Å². The maximum Gasteiger partial charge on any atom is 0.239 e. The molecule has 2 aliphatic rings. The Kier molecular flexibility index (Phi) is 5.65. The maximum absolute atomic E-state index is 12.4. The summed E-state index contributed by atoms with van der Waals surface area (Å²) in [5, 5.41) is 6.36. The van der Waals surface area contributed by atoms with Crippen LogP contribution in [0.5, 0.6) is 0 Å². The third-order valence-corrected chi connectivity index (χ3v) is 4.84. The number of morpholine rings is 1. The van der Waals surface area contributed by atoms with Crippen molar-refractivity contribution in [2.75, 3.05) is 26.2 Å². The molecular weight excluding hydrogens is 290 g/mol. The lowest BCUT2D eigenvalue weighted by Gasteiger charge is -2.30. The highest BCUT2D eigenvalue weighted by atomic mass is 16.5. The van der Waals surface area contributed by atoms with Crippen molar-refractivity contribution < 1.29 is 9.53 Å². The van der Waals surface area contributed by atoms with Crippen LogP contribution in [0.15, 0.2) is 30.3 Å². The molecule has 5 heteroatoms. The summed E-state index contributed by atoms with van der Waals surface area (Å²) in [4.78, 5) is 14.8. The molecule has 3 rings (SSSR count). The van der Waals surface area contributed by atoms with Gasteiger partial charge in [-0.2, -0.15) is 0 Å². The molecule has 2 N–H and O–H groups in total. The average Bonchev–Trinajstić information content (AvgIpc) is 3.01. The lowest BCUT2D eigenvalue weighted by atomic mass is 10.1. The largest absolute Gasteiger partial charge is 0.375 e. The van der Waals surface area contributed by atoms with Gasteiger partial charge >= 0.3 is 0 Å². The van der Waals surface area contributed by atoms with E-state index in [-0.39, 0.29) is 18.1 Å². The molecule has 0 aliphatic carbocycles. The minimum atomic E-state index is -0.229. The number of ether oxygens (including phenoxy) is 1. The fraction of sp³-hybridized carbons (Fsp3) is 0.611. The number of carbonyl (C=O) groups excluding carboxylic acids is 1. The van der Waals surface area contributed by atoms with Gasteiger partial charge in [0.1, 0.15) is 6.04 Å². The van der Waals surface area contributed by atoms with Gasteiger partial charge < -0.3 is 15.4 Å². The Morgan fingerprint density at radius 1 is 1.39 bits per heavy atom. The normalized spacial score (nSPS) is 28.7. The van der Waals surface area contributed by atoms with Gasteiger partial charge in [-0.3, -0.25) is 9.69 Å². The van der Waals surface area contributed by atoms with Gasteiger partial charge in [-0.15, -0.1) is 0 Å². The van der Waals surface area contributed by atoms with E-state index in [0.29, 0.717) is 12.6 Å². The zero-order chi connectivity index (χ0) is 16.1. The van der Waals surface area contributed by atoms with Gasteiger partial charge in [0.2, 0.25) is 5.91 Å². The first-order valence-electron chi connectivity index (χ1n) is 8.65. The number of hydrogen-bond donors (Lipinski definition) is 2. The molecule has 2 saturated heterocycles. The van der Waals surface area contributed by atoms with Crippen LogP contribution in [0.4, 0.5) is 0 Å². The van der Waals surface area contributed by atoms with Crippen molar-refractivity contribution in [1.29, 1.82) is 0 Å². The molecule has 0 radical (unpaired) electrons. The molecule has 23 heavy (non-hydrogen) atoms. The van der Waals surface area contributed by atoms with Crippen LogP contribution >= 0.6 is 0 Å². The van der Waals surface area contributed by atoms with E-state index in [1.54, 1.807) is 0 Å². The summed E-state index contributed by atoms with van der Waals surface area (Å²) in [6, 6.07) is 10.7. The van der Waals surface area contributed by atoms with Crippen LogP contribution in [0, 0.1) is 0 Å². The van der Waals surface area contributed by atoms with Crippen LogP contribution in [0.3, 0.4) is 0 Å². The van der Waals surface area contributed by atoms with Crippen molar-refractivity contribution in [1.82, 2.24) is 15.5 Å². The first kappa shape index (κ1) is 16.4. The van der Waals surface area contributed by atoms with E-state index < -0.39 is 0 Å². The quantitative estimate of drug-likeness (QED) is 0.855. The highest BCUT2D eigenvalue weighted by Crippen LogP contribution is 2.19. The second-order valence-electron chi connectivity index (χ2n) is 6.50. The maximum atomic E-state index is 12.4. The first-order chi connectivity index (χ1) is 11.2. The molecule has 0 spiro atoms. The molecule has 3 atom stereocenters. The Labute approximate surface area is 138 Å². The molecule has 1 aromatic carbocycles. The summed E-state index contributed by atoms with van der Waals surface area (Å²) in [5.41, 5.74) is 1.33. The summed E-state index contributed by atoms with van der Waals surface area (Å²) < 4.78 is 5.55. The van der Waals surface area contributed by atoms with Crippen molar-refractivity contribution in [3.8, 4) is 0 Å². The van der Waals surface area contributed by atoms with Crippen molar-refractivity contribution in [2.24, 2.45) is 0 Å². The Morgan fingerprint density at radius 3 is 3.00 bits per heavy atom. The number of likely N-dealkylation sites (tertiary alicyclic amines) is 1. The van der Waals surface area contributed by atoms with Crippen molar-refractivity contribution >= 4 is 5.91 Å². The number of nitrogens with one attached hydrogen (secondary N) is 2. The van der Waals surface area contributed by atoms with Crippen LogP contribution in [-0.4, -0.2) is 55.2 Å². The highest BCUT2D eigenvalue weighted by Gasteiger charge is 2.30. The zero-order valence-corrected chi connectivity index (χ0v) is 13.8. The monoisotopic (exact) mass is 317 g/mol. The van der Waals surface area contributed by atoms with Gasteiger partial charge in [-0.05, 0) is 31.9 Å². The van der Waals surface area contributed by atoms with Gasteiger partial charge in [0.25, 0.3) is 0 Å². The molecular formula is C18H27N3O2. The van der Waals surface area contributed by atoms with Crippen LogP contribution in [0.1, 0.15) is 25.3 Å². The molecule has 5 nitrogen and oxygen atoms in total. The van der Waals surface area contributed by atoms with Gasteiger partial charge in [0.15, 0.2) is 0 Å². The molecule has 0 saturated carbocycles. The number of hydrogen-bond acceptors (Lipinski definition) is 4. The van der Waals surface area contributed by atoms with E-state index in [9.17, 15) is 4.79 Å². The zero-order valence-electron chi connectivity index (χ0n) is 13.8. The van der Waals surface area contributed by atoms with Crippen LogP contribution in [-0.2, 0) is 16.1 Å². The van der Waals surface area contributed by atoms with Crippen molar-refractivity contribution in [3.63, 3.8) is 0 Å². The van der Waals surface area contributed by atoms with Gasteiger partial charge in [-0.1, -0.05) is 30.3 Å². The molecule has 1 amide bonds. The summed E-state index contributed by atoms with van der Waals surface area (Å²) in [6.07, 6.45) is 2.29. The molecule has 2 aliphatic heterocycles. The van der Waals surface area contributed by atoms with E-state index in [0.717, 1.165) is 32.6 Å². The molecule has 1 unspecified atom stereocenters. The summed E-state index contributed by atoms with van der Waals surface area (Å²) >= 11 is 0. The minimum absolute atomic E-state index is 0.0590. The number of carbonyl (C=O) groups is 1. The Balaban J connectivity index is 1.49. The molecule has 2 fully saturated rings. The van der Waals surface area contributed by atoms with Gasteiger partial charge in [-0.25, -0.2) is 0 Å². The van der Waals surface area contributed by atoms with Crippen LogP contribution in [0.2, 0.25) is 0 Å².